The summed E-state index contributed by atoms with van der Waals surface area (Å²) in [5.41, 5.74) is 2.27. The van der Waals surface area contributed by atoms with E-state index in [4.69, 9.17) is 0 Å². The fraction of sp³-hybridized carbons (Fsp3) is 0.556. The Kier molecular flexibility index (Phi) is 4.56. The molecule has 0 saturated carbocycles. The SMILES string of the molecule is Cc1cscc1CNCCOC(F)(F)F. The predicted octanol–water partition coefficient (Wildman–Crippen LogP) is 2.68. The van der Waals surface area contributed by atoms with E-state index in [1.54, 1.807) is 11.3 Å². The number of rotatable bonds is 5. The molecule has 1 N–H and O–H groups in total. The third-order valence-corrected chi connectivity index (χ3v) is 2.73. The quantitative estimate of drug-likeness (QED) is 0.798. The Morgan fingerprint density at radius 2 is 2.13 bits per heavy atom. The molecule has 1 rings (SSSR count). The topological polar surface area (TPSA) is 21.3 Å². The van der Waals surface area contributed by atoms with E-state index in [0.29, 0.717) is 6.54 Å². The van der Waals surface area contributed by atoms with Gasteiger partial charge in [0.05, 0.1) is 6.61 Å². The number of aryl methyl sites for hydroxylation is 1. The molecule has 1 aromatic heterocycles. The maximum absolute atomic E-state index is 11.6. The second kappa shape index (κ2) is 5.48. The zero-order valence-electron chi connectivity index (χ0n) is 8.23. The molecule has 0 fully saturated rings. The van der Waals surface area contributed by atoms with Crippen molar-refractivity contribution in [2.24, 2.45) is 0 Å². The lowest BCUT2D eigenvalue weighted by Gasteiger charge is -2.08. The van der Waals surface area contributed by atoms with Crippen molar-refractivity contribution in [3.8, 4) is 0 Å². The molecule has 6 heteroatoms. The summed E-state index contributed by atoms with van der Waals surface area (Å²) < 4.78 is 38.3. The average Bonchev–Trinajstić information content (AvgIpc) is 2.49. The Morgan fingerprint density at radius 3 is 2.67 bits per heavy atom. The fourth-order valence-electron chi connectivity index (χ4n) is 1.03. The number of hydrogen-bond acceptors (Lipinski definition) is 3. The lowest BCUT2D eigenvalue weighted by atomic mass is 10.2. The van der Waals surface area contributed by atoms with E-state index in [1.807, 2.05) is 17.7 Å². The highest BCUT2D eigenvalue weighted by molar-refractivity contribution is 7.08. The number of alkyl halides is 3. The number of thiophene rings is 1. The number of halogens is 3. The van der Waals surface area contributed by atoms with Gasteiger partial charge in [-0.05, 0) is 28.8 Å². The lowest BCUT2D eigenvalue weighted by molar-refractivity contribution is -0.323. The first-order chi connectivity index (χ1) is 6.99. The molecule has 15 heavy (non-hydrogen) atoms. The summed E-state index contributed by atoms with van der Waals surface area (Å²) in [6, 6.07) is 0. The van der Waals surface area contributed by atoms with E-state index in [-0.39, 0.29) is 13.2 Å². The molecule has 0 unspecified atom stereocenters. The minimum atomic E-state index is -4.53. The molecular weight excluding hydrogens is 227 g/mol. The van der Waals surface area contributed by atoms with Crippen molar-refractivity contribution in [1.29, 1.82) is 0 Å². The predicted molar refractivity (Wildman–Crippen MR) is 52.8 cm³/mol. The van der Waals surface area contributed by atoms with Gasteiger partial charge in [0.25, 0.3) is 0 Å². The Hall–Kier alpha value is -0.590. The molecule has 1 heterocycles. The normalized spacial score (nSPS) is 12.0. The standard InChI is InChI=1S/C9H12F3NOS/c1-7-5-15-6-8(7)4-13-2-3-14-9(10,11)12/h5-6,13H,2-4H2,1H3. The van der Waals surface area contributed by atoms with E-state index < -0.39 is 6.36 Å². The molecule has 86 valence electrons. The van der Waals surface area contributed by atoms with Gasteiger partial charge in [-0.2, -0.15) is 11.3 Å². The van der Waals surface area contributed by atoms with Crippen LogP contribution in [-0.4, -0.2) is 19.5 Å². The minimum absolute atomic E-state index is 0.189. The van der Waals surface area contributed by atoms with Crippen LogP contribution in [-0.2, 0) is 11.3 Å². The van der Waals surface area contributed by atoms with Gasteiger partial charge in [0.2, 0.25) is 0 Å². The van der Waals surface area contributed by atoms with E-state index in [2.05, 4.69) is 10.1 Å². The van der Waals surface area contributed by atoms with Gasteiger partial charge in [0, 0.05) is 13.1 Å². The molecule has 2 nitrogen and oxygen atoms in total. The minimum Gasteiger partial charge on any atom is -0.310 e. The van der Waals surface area contributed by atoms with Crippen LogP contribution in [0.1, 0.15) is 11.1 Å². The Bertz CT molecular complexity index is 298. The van der Waals surface area contributed by atoms with Crippen LogP contribution in [0.3, 0.4) is 0 Å². The highest BCUT2D eigenvalue weighted by Crippen LogP contribution is 2.15. The van der Waals surface area contributed by atoms with E-state index >= 15 is 0 Å². The third-order valence-electron chi connectivity index (χ3n) is 1.82. The molecule has 0 bridgehead atoms. The summed E-state index contributed by atoms with van der Waals surface area (Å²) in [7, 11) is 0. The Morgan fingerprint density at radius 1 is 1.40 bits per heavy atom. The van der Waals surface area contributed by atoms with Gasteiger partial charge in [-0.3, -0.25) is 4.74 Å². The largest absolute Gasteiger partial charge is 0.522 e. The third kappa shape index (κ3) is 5.15. The van der Waals surface area contributed by atoms with Crippen LogP contribution in [0, 0.1) is 6.92 Å². The van der Waals surface area contributed by atoms with Gasteiger partial charge in [0.1, 0.15) is 0 Å². The van der Waals surface area contributed by atoms with Crippen LogP contribution in [0.25, 0.3) is 0 Å². The number of ether oxygens (including phenoxy) is 1. The van der Waals surface area contributed by atoms with Crippen LogP contribution in [0.4, 0.5) is 13.2 Å². The maximum atomic E-state index is 11.6. The zero-order chi connectivity index (χ0) is 11.3. The van der Waals surface area contributed by atoms with Gasteiger partial charge < -0.3 is 5.32 Å². The molecule has 0 spiro atoms. The van der Waals surface area contributed by atoms with Crippen molar-refractivity contribution < 1.29 is 17.9 Å². The molecule has 0 atom stereocenters. The molecule has 0 aliphatic heterocycles. The van der Waals surface area contributed by atoms with Crippen molar-refractivity contribution in [3.05, 3.63) is 21.9 Å². The summed E-state index contributed by atoms with van der Waals surface area (Å²) in [6.45, 7) is 2.39. The van der Waals surface area contributed by atoms with Gasteiger partial charge >= 0.3 is 6.36 Å². The molecule has 0 aliphatic carbocycles. The smallest absolute Gasteiger partial charge is 0.310 e. The van der Waals surface area contributed by atoms with Gasteiger partial charge in [-0.15, -0.1) is 13.2 Å². The van der Waals surface area contributed by atoms with Crippen molar-refractivity contribution >= 4 is 11.3 Å². The summed E-state index contributed by atoms with van der Waals surface area (Å²) in [4.78, 5) is 0. The van der Waals surface area contributed by atoms with Crippen LogP contribution in [0.15, 0.2) is 10.8 Å². The van der Waals surface area contributed by atoms with Gasteiger partial charge in [-0.25, -0.2) is 0 Å². The second-order valence-electron chi connectivity index (χ2n) is 3.05. The van der Waals surface area contributed by atoms with Crippen LogP contribution < -0.4 is 5.32 Å². The number of nitrogens with one attached hydrogen (secondary N) is 1. The van der Waals surface area contributed by atoms with Crippen LogP contribution in [0.5, 0.6) is 0 Å². The molecular formula is C9H12F3NOS. The monoisotopic (exact) mass is 239 g/mol. The van der Waals surface area contributed by atoms with E-state index in [1.165, 1.54) is 0 Å². The highest BCUT2D eigenvalue weighted by atomic mass is 32.1. The Labute approximate surface area is 90.1 Å². The highest BCUT2D eigenvalue weighted by Gasteiger charge is 2.28. The zero-order valence-corrected chi connectivity index (χ0v) is 9.04. The summed E-state index contributed by atoms with van der Waals surface area (Å²) in [5, 5.41) is 6.87. The van der Waals surface area contributed by atoms with Crippen molar-refractivity contribution in [2.75, 3.05) is 13.2 Å². The van der Waals surface area contributed by atoms with E-state index in [0.717, 1.165) is 11.1 Å². The summed E-state index contributed by atoms with van der Waals surface area (Å²) >= 11 is 1.58. The summed E-state index contributed by atoms with van der Waals surface area (Å²) in [6.07, 6.45) is -4.53. The van der Waals surface area contributed by atoms with E-state index in [9.17, 15) is 13.2 Å². The molecule has 1 aromatic rings. The van der Waals surface area contributed by atoms with Crippen LogP contribution in [0.2, 0.25) is 0 Å². The Balaban J connectivity index is 2.10. The van der Waals surface area contributed by atoms with Gasteiger partial charge in [0.15, 0.2) is 0 Å². The molecule has 0 aliphatic rings. The van der Waals surface area contributed by atoms with Gasteiger partial charge in [-0.1, -0.05) is 0 Å². The molecule has 0 aromatic carbocycles. The first-order valence-electron chi connectivity index (χ1n) is 4.42. The van der Waals surface area contributed by atoms with Crippen molar-refractivity contribution in [2.45, 2.75) is 19.8 Å². The summed E-state index contributed by atoms with van der Waals surface area (Å²) in [5.74, 6) is 0. The first kappa shape index (κ1) is 12.5. The first-order valence-corrected chi connectivity index (χ1v) is 5.36. The molecule has 0 amide bonds. The molecule has 0 radical (unpaired) electrons. The second-order valence-corrected chi connectivity index (χ2v) is 3.79. The van der Waals surface area contributed by atoms with Crippen molar-refractivity contribution in [1.82, 2.24) is 5.32 Å². The molecule has 0 saturated heterocycles. The van der Waals surface area contributed by atoms with Crippen molar-refractivity contribution in [3.63, 3.8) is 0 Å². The number of hydrogen-bond donors (Lipinski definition) is 1. The average molecular weight is 239 g/mol. The fourth-order valence-corrected chi connectivity index (χ4v) is 1.89. The van der Waals surface area contributed by atoms with Crippen LogP contribution >= 0.6 is 11.3 Å². The maximum Gasteiger partial charge on any atom is 0.522 e. The lowest BCUT2D eigenvalue weighted by Crippen LogP contribution is -2.24.